The summed E-state index contributed by atoms with van der Waals surface area (Å²) in [5, 5.41) is 0. The Labute approximate surface area is 562 Å². The van der Waals surface area contributed by atoms with Gasteiger partial charge in [-0.2, -0.15) is 0 Å². The van der Waals surface area contributed by atoms with Crippen LogP contribution in [0.25, 0.3) is 0 Å². The zero-order valence-corrected chi connectivity index (χ0v) is 72.8. The Bertz CT molecular complexity index is 1190. The van der Waals surface area contributed by atoms with Gasteiger partial charge in [-0.1, -0.05) is 526 Å². The van der Waals surface area contributed by atoms with Gasteiger partial charge in [0.25, 0.3) is 0 Å². The first-order valence-corrected chi connectivity index (χ1v) is 36.2. The van der Waals surface area contributed by atoms with Gasteiger partial charge in [-0.25, -0.2) is 0 Å². The van der Waals surface area contributed by atoms with E-state index in [-0.39, 0.29) is 0 Å². The Morgan fingerprint density at radius 2 is 0.306 bits per heavy atom. The van der Waals surface area contributed by atoms with Gasteiger partial charge in [-0.3, -0.25) is 0 Å². The third-order valence-corrected chi connectivity index (χ3v) is 74.6. The Kier molecular flexibility index (Phi) is 28.2. The molecule has 0 atom stereocenters. The van der Waals surface area contributed by atoms with Gasteiger partial charge in [-0.05, 0) is 0 Å². The van der Waals surface area contributed by atoms with Gasteiger partial charge in [0, 0.05) is 0 Å². The average Bonchev–Trinajstić information content (AvgIpc) is 2.86. The minimum absolute atomic E-state index is 0.633. The molecule has 0 heterocycles. The van der Waals surface area contributed by atoms with Crippen molar-refractivity contribution in [2.45, 2.75) is 47.4 Å². The molecule has 33 heteroatoms. The van der Waals surface area contributed by atoms with Crippen LogP contribution in [-0.4, -0.2) is 47.4 Å². The lowest BCUT2D eigenvalue weighted by Gasteiger charge is -2.62. The zero-order chi connectivity index (χ0) is 41.1. The van der Waals surface area contributed by atoms with Crippen molar-refractivity contribution in [2.24, 2.45) is 0 Å². The van der Waals surface area contributed by atoms with Crippen LogP contribution < -0.4 is 0 Å². The van der Waals surface area contributed by atoms with Crippen molar-refractivity contribution in [1.82, 2.24) is 0 Å². The number of rotatable bonds is 14. The minimum Gasteiger partial charge on any atom is -0.0675 e. The molecule has 0 amide bonds. The molecule has 0 unspecified atom stereocenters. The van der Waals surface area contributed by atoms with Crippen molar-refractivity contribution in [3.8, 4) is 0 Å². The van der Waals surface area contributed by atoms with Crippen LogP contribution >= 0.6 is 526 Å². The molecule has 0 aliphatic carbocycles. The highest BCUT2D eigenvalue weighted by atomic mass is 80.0. The molecule has 49 heavy (non-hydrogen) atoms. The second-order valence-corrected chi connectivity index (χ2v) is 66.4. The lowest BCUT2D eigenvalue weighted by Crippen LogP contribution is -2.73. The summed E-state index contributed by atoms with van der Waals surface area (Å²) >= 11 is 128. The molecular formula is C16Br33. The van der Waals surface area contributed by atoms with Crippen LogP contribution in [0.2, 0.25) is 0 Å². The van der Waals surface area contributed by atoms with E-state index < -0.39 is 47.4 Å². The second-order valence-electron chi connectivity index (χ2n) is 8.80. The molecule has 0 bridgehead atoms. The predicted molar refractivity (Wildman–Crippen MR) is 339 cm³/mol. The molecule has 0 aliphatic rings. The largest absolute Gasteiger partial charge is 0.162 e. The molecule has 0 nitrogen and oxygen atoms in total. The Hall–Kier alpha value is 15.8. The molecular weight excluding hydrogens is 2830 g/mol. The van der Waals surface area contributed by atoms with Crippen molar-refractivity contribution >= 4 is 526 Å². The molecule has 0 spiro atoms. The van der Waals surface area contributed by atoms with Crippen molar-refractivity contribution in [2.75, 3.05) is 0 Å². The van der Waals surface area contributed by atoms with E-state index in [0.29, 0.717) is 3.74 Å². The molecule has 0 saturated heterocycles. The number of halogens is 33. The minimum atomic E-state index is -1.29. The summed E-state index contributed by atoms with van der Waals surface area (Å²) in [7, 11) is 0. The van der Waals surface area contributed by atoms with Crippen LogP contribution in [0.1, 0.15) is 0 Å². The van der Waals surface area contributed by atoms with E-state index in [1.807, 2.05) is 0 Å². The summed E-state index contributed by atoms with van der Waals surface area (Å²) < 4.78 is -16.8. The van der Waals surface area contributed by atoms with E-state index >= 15 is 0 Å². The summed E-state index contributed by atoms with van der Waals surface area (Å²) in [5.74, 6) is 0. The Morgan fingerprint density at radius 3 is 0.429 bits per heavy atom. The lowest BCUT2D eigenvalue weighted by molar-refractivity contribution is 0.529. The SMILES string of the molecule is Br[C](Br)C(Br)(Br)C(Br)(Br)C(Br)(Br)C(Br)(Br)C(Br)(Br)C(Br)(Br)C(Br)(Br)C(Br)(Br)C(Br)(Br)C(Br)(Br)C(Br)(Br)C(Br)(Br)C(Br)(Br)C(Br)(Br)C(Br)(Br)Br. The van der Waals surface area contributed by atoms with Crippen molar-refractivity contribution in [3.05, 3.63) is 3.74 Å². The van der Waals surface area contributed by atoms with Crippen molar-refractivity contribution < 1.29 is 0 Å². The van der Waals surface area contributed by atoms with Gasteiger partial charge >= 0.3 is 0 Å². The molecule has 0 saturated carbocycles. The van der Waals surface area contributed by atoms with E-state index in [2.05, 4.69) is 526 Å². The third kappa shape index (κ3) is 11.2. The predicted octanol–water partition coefficient (Wildman–Crippen LogP) is 24.9. The maximum absolute atomic E-state index is 4.01. The first-order chi connectivity index (χ1) is 20.4. The van der Waals surface area contributed by atoms with Crippen molar-refractivity contribution in [3.63, 3.8) is 0 Å². The van der Waals surface area contributed by atoms with Crippen LogP contribution in [0.3, 0.4) is 0 Å². The van der Waals surface area contributed by atoms with Gasteiger partial charge in [0.05, 0.1) is 0 Å². The molecule has 0 aliphatic heterocycles. The molecule has 0 rings (SSSR count). The number of hydrogen-bond donors (Lipinski definition) is 0. The second kappa shape index (κ2) is 21.3. The van der Waals surface area contributed by atoms with Gasteiger partial charge in [0.15, 0.2) is 2.14 Å². The first-order valence-electron chi connectivity index (χ1n) is 9.99. The lowest BCUT2D eigenvalue weighted by atomic mass is 10.0. The first kappa shape index (κ1) is 64.8. The summed E-state index contributed by atoms with van der Waals surface area (Å²) in [6, 6.07) is 0. The molecule has 0 aromatic heterocycles. The van der Waals surface area contributed by atoms with E-state index in [0.717, 1.165) is 0 Å². The fraction of sp³-hybridized carbons (Fsp3) is 0.938. The molecule has 0 aromatic carbocycles. The highest BCUT2D eigenvalue weighted by Gasteiger charge is 2.83. The molecule has 0 aromatic rings. The molecule has 0 N–H and O–H groups in total. The van der Waals surface area contributed by atoms with Gasteiger partial charge in [-0.15, -0.1) is 0 Å². The van der Waals surface area contributed by atoms with Gasteiger partial charge in [0.1, 0.15) is 49.0 Å². The summed E-state index contributed by atoms with van der Waals surface area (Å²) in [6.07, 6.45) is 0. The highest BCUT2D eigenvalue weighted by molar-refractivity contribution is 9.43. The fourth-order valence-electron chi connectivity index (χ4n) is 2.66. The Morgan fingerprint density at radius 1 is 0.184 bits per heavy atom. The van der Waals surface area contributed by atoms with Crippen molar-refractivity contribution in [1.29, 1.82) is 0 Å². The summed E-state index contributed by atoms with van der Waals surface area (Å²) in [4.78, 5) is 0. The number of hydrogen-bond acceptors (Lipinski definition) is 0. The fourth-order valence-corrected chi connectivity index (χ4v) is 34.8. The smallest absolute Gasteiger partial charge is 0.0675 e. The van der Waals surface area contributed by atoms with Crippen LogP contribution in [-0.2, 0) is 0 Å². The average molecular weight is 2830 g/mol. The van der Waals surface area contributed by atoms with E-state index in [4.69, 9.17) is 0 Å². The summed E-state index contributed by atoms with van der Waals surface area (Å²) in [6.45, 7) is 0. The Balaban J connectivity index is 7.66. The topological polar surface area (TPSA) is 0 Å². The normalized spacial score (nSPS) is 17.3. The van der Waals surface area contributed by atoms with Crippen LogP contribution in [0.15, 0.2) is 0 Å². The van der Waals surface area contributed by atoms with E-state index in [9.17, 15) is 0 Å². The quantitative estimate of drug-likeness (QED) is 0.152. The third-order valence-electron chi connectivity index (χ3n) is 5.72. The van der Waals surface area contributed by atoms with Crippen LogP contribution in [0.4, 0.5) is 0 Å². The zero-order valence-electron chi connectivity index (χ0n) is 20.5. The van der Waals surface area contributed by atoms with Crippen LogP contribution in [0.5, 0.6) is 0 Å². The van der Waals surface area contributed by atoms with E-state index in [1.165, 1.54) is 0 Å². The standard InChI is InChI=1S/C16Br33/c17-1(18)2(19,20)3(21,22)4(23,24)5(25,26)6(27,28)7(29,30)8(31,32)9(33,34)10(35,36)11(37,38)12(39,40)13(41,42)14(43,44)15(45,46)16(47,48)49. The summed E-state index contributed by atoms with van der Waals surface area (Å²) in [5.41, 5.74) is 0. The molecule has 0 fully saturated rings. The maximum atomic E-state index is 4.01. The maximum Gasteiger partial charge on any atom is 0.162 e. The van der Waals surface area contributed by atoms with Gasteiger partial charge in [0.2, 0.25) is 0 Å². The van der Waals surface area contributed by atoms with Crippen LogP contribution in [0, 0.1) is 3.74 Å². The highest BCUT2D eigenvalue weighted by Crippen LogP contribution is 2.83. The monoisotopic (exact) mass is 2800 g/mol. The van der Waals surface area contributed by atoms with Gasteiger partial charge < -0.3 is 0 Å². The van der Waals surface area contributed by atoms with E-state index in [1.54, 1.807) is 0 Å². The number of alkyl halides is 31. The molecule has 1 radical (unpaired) electrons. The molecule has 295 valence electrons.